The molecule has 0 saturated carbocycles. The van der Waals surface area contributed by atoms with E-state index in [9.17, 15) is 27.6 Å². The summed E-state index contributed by atoms with van der Waals surface area (Å²) in [5.41, 5.74) is 0. The number of nitrogens with one attached hydrogen (secondary N) is 1. The number of amides is 2. The fourth-order valence-electron chi connectivity index (χ4n) is 1.23. The highest BCUT2D eigenvalue weighted by molar-refractivity contribution is 5.87. The predicted octanol–water partition coefficient (Wildman–Crippen LogP) is 0.378. The number of hydrogen-bond acceptors (Lipinski definition) is 3. The van der Waals surface area contributed by atoms with E-state index < -0.39 is 30.5 Å². The van der Waals surface area contributed by atoms with Gasteiger partial charge in [0.05, 0.1) is 13.0 Å². The van der Waals surface area contributed by atoms with Gasteiger partial charge in [0.2, 0.25) is 5.91 Å². The molecule has 0 rings (SSSR count). The summed E-state index contributed by atoms with van der Waals surface area (Å²) in [6.07, 6.45) is -4.82. The van der Waals surface area contributed by atoms with Crippen LogP contribution in [0.25, 0.3) is 0 Å². The fraction of sp³-hybridized carbons (Fsp3) is 0.700. The molecule has 0 aliphatic rings. The number of carboxylic acid groups (broad SMARTS) is 1. The summed E-state index contributed by atoms with van der Waals surface area (Å²) in [4.78, 5) is 33.5. The Balaban J connectivity index is 4.32. The van der Waals surface area contributed by atoms with Crippen LogP contribution in [0, 0.1) is 0 Å². The summed E-state index contributed by atoms with van der Waals surface area (Å²) in [5, 5.41) is 9.93. The van der Waals surface area contributed by atoms with Crippen molar-refractivity contribution in [1.29, 1.82) is 0 Å². The maximum Gasteiger partial charge on any atom is 0.471 e. The molecular formula is C10H15F3N2O4. The van der Waals surface area contributed by atoms with Gasteiger partial charge in [0.15, 0.2) is 0 Å². The maximum atomic E-state index is 11.9. The van der Waals surface area contributed by atoms with Gasteiger partial charge < -0.3 is 15.3 Å². The molecule has 2 N–H and O–H groups in total. The molecule has 0 aromatic heterocycles. The Morgan fingerprint density at radius 1 is 1.21 bits per heavy atom. The molecule has 0 bridgehead atoms. The zero-order valence-corrected chi connectivity index (χ0v) is 10.3. The van der Waals surface area contributed by atoms with Crippen molar-refractivity contribution in [3.05, 3.63) is 0 Å². The Kier molecular flexibility index (Phi) is 6.87. The van der Waals surface area contributed by atoms with Gasteiger partial charge in [-0.15, -0.1) is 0 Å². The normalized spacial score (nSPS) is 10.9. The first-order chi connectivity index (χ1) is 8.68. The number of hydrogen-bond donors (Lipinski definition) is 2. The van der Waals surface area contributed by atoms with Crippen molar-refractivity contribution >= 4 is 17.8 Å². The second-order valence-corrected chi connectivity index (χ2v) is 3.70. The summed E-state index contributed by atoms with van der Waals surface area (Å²) in [6, 6.07) is 0. The van der Waals surface area contributed by atoms with Gasteiger partial charge in [0.25, 0.3) is 0 Å². The van der Waals surface area contributed by atoms with Crippen LogP contribution >= 0.6 is 0 Å². The van der Waals surface area contributed by atoms with Crippen molar-refractivity contribution in [2.24, 2.45) is 0 Å². The van der Waals surface area contributed by atoms with Crippen LogP contribution in [0.4, 0.5) is 13.2 Å². The van der Waals surface area contributed by atoms with E-state index in [0.717, 1.165) is 4.90 Å². The Morgan fingerprint density at radius 2 is 1.79 bits per heavy atom. The fourth-order valence-corrected chi connectivity index (χ4v) is 1.23. The lowest BCUT2D eigenvalue weighted by molar-refractivity contribution is -0.174. The van der Waals surface area contributed by atoms with Crippen LogP contribution in [-0.4, -0.2) is 53.6 Å². The third-order valence-corrected chi connectivity index (χ3v) is 2.10. The standard InChI is InChI=1S/C10H15F3N2O4/c1-2-4-15(5-3-8(17)18)7(16)6-14-9(19)10(11,12)13/h2-6H2,1H3,(H,14,19)(H,17,18). The van der Waals surface area contributed by atoms with E-state index >= 15 is 0 Å². The minimum Gasteiger partial charge on any atom is -0.481 e. The largest absolute Gasteiger partial charge is 0.481 e. The van der Waals surface area contributed by atoms with Crippen LogP contribution in [0.5, 0.6) is 0 Å². The smallest absolute Gasteiger partial charge is 0.471 e. The molecule has 110 valence electrons. The van der Waals surface area contributed by atoms with Gasteiger partial charge in [-0.25, -0.2) is 0 Å². The number of halogens is 3. The van der Waals surface area contributed by atoms with Crippen molar-refractivity contribution < 1.29 is 32.7 Å². The third kappa shape index (κ3) is 7.27. The van der Waals surface area contributed by atoms with Gasteiger partial charge in [0, 0.05) is 13.1 Å². The van der Waals surface area contributed by atoms with Crippen LogP contribution in [-0.2, 0) is 14.4 Å². The van der Waals surface area contributed by atoms with Crippen LogP contribution in [0.15, 0.2) is 0 Å². The first-order valence-electron chi connectivity index (χ1n) is 5.53. The summed E-state index contributed by atoms with van der Waals surface area (Å²) in [6.45, 7) is 1.03. The SMILES string of the molecule is CCCN(CCC(=O)O)C(=O)CNC(=O)C(F)(F)F. The quantitative estimate of drug-likeness (QED) is 0.707. The molecule has 0 saturated heterocycles. The lowest BCUT2D eigenvalue weighted by Crippen LogP contribution is -2.45. The lowest BCUT2D eigenvalue weighted by atomic mass is 10.3. The van der Waals surface area contributed by atoms with Crippen molar-refractivity contribution in [2.75, 3.05) is 19.6 Å². The predicted molar refractivity (Wildman–Crippen MR) is 58.2 cm³/mol. The summed E-state index contributed by atoms with van der Waals surface area (Å²) < 4.78 is 35.7. The molecule has 0 aromatic rings. The number of carboxylic acids is 1. The highest BCUT2D eigenvalue weighted by Gasteiger charge is 2.38. The minimum atomic E-state index is -5.04. The molecule has 6 nitrogen and oxygen atoms in total. The van der Waals surface area contributed by atoms with E-state index in [1.165, 1.54) is 5.32 Å². The molecule has 19 heavy (non-hydrogen) atoms. The number of rotatable bonds is 7. The number of alkyl halides is 3. The zero-order chi connectivity index (χ0) is 15.1. The molecule has 0 spiro atoms. The first kappa shape index (κ1) is 17.2. The van der Waals surface area contributed by atoms with Gasteiger partial charge in [0.1, 0.15) is 0 Å². The number of carbonyl (C=O) groups excluding carboxylic acids is 2. The van der Waals surface area contributed by atoms with Crippen molar-refractivity contribution in [1.82, 2.24) is 10.2 Å². The lowest BCUT2D eigenvalue weighted by Gasteiger charge is -2.21. The Labute approximate surface area is 107 Å². The molecule has 0 aliphatic heterocycles. The summed E-state index contributed by atoms with van der Waals surface area (Å²) >= 11 is 0. The van der Waals surface area contributed by atoms with Gasteiger partial charge in [-0.1, -0.05) is 6.92 Å². The molecule has 2 amide bonds. The molecule has 0 aromatic carbocycles. The monoisotopic (exact) mass is 284 g/mol. The molecular weight excluding hydrogens is 269 g/mol. The summed E-state index contributed by atoms with van der Waals surface area (Å²) in [5.74, 6) is -4.07. The van der Waals surface area contributed by atoms with E-state index in [4.69, 9.17) is 5.11 Å². The zero-order valence-electron chi connectivity index (χ0n) is 10.3. The second-order valence-electron chi connectivity index (χ2n) is 3.70. The van der Waals surface area contributed by atoms with Gasteiger partial charge in [-0.05, 0) is 6.42 Å². The van der Waals surface area contributed by atoms with E-state index in [-0.39, 0.29) is 19.5 Å². The van der Waals surface area contributed by atoms with Crippen LogP contribution < -0.4 is 5.32 Å². The van der Waals surface area contributed by atoms with E-state index in [2.05, 4.69) is 0 Å². The minimum absolute atomic E-state index is 0.107. The first-order valence-corrected chi connectivity index (χ1v) is 5.53. The highest BCUT2D eigenvalue weighted by Crippen LogP contribution is 2.13. The Hall–Kier alpha value is -1.80. The third-order valence-electron chi connectivity index (χ3n) is 2.10. The van der Waals surface area contributed by atoms with Crippen LogP contribution in [0.1, 0.15) is 19.8 Å². The van der Waals surface area contributed by atoms with Crippen molar-refractivity contribution in [3.63, 3.8) is 0 Å². The molecule has 0 heterocycles. The highest BCUT2D eigenvalue weighted by atomic mass is 19.4. The molecule has 0 atom stereocenters. The van der Waals surface area contributed by atoms with Crippen molar-refractivity contribution in [2.45, 2.75) is 25.9 Å². The maximum absolute atomic E-state index is 11.9. The number of nitrogens with zero attached hydrogens (tertiary/aromatic N) is 1. The van der Waals surface area contributed by atoms with Crippen molar-refractivity contribution in [3.8, 4) is 0 Å². The number of aliphatic carboxylic acids is 1. The van der Waals surface area contributed by atoms with Crippen LogP contribution in [0.2, 0.25) is 0 Å². The molecule has 0 unspecified atom stereocenters. The average Bonchev–Trinajstić information content (AvgIpc) is 2.29. The van der Waals surface area contributed by atoms with Gasteiger partial charge >= 0.3 is 18.1 Å². The molecule has 0 aliphatic carbocycles. The van der Waals surface area contributed by atoms with E-state index in [0.29, 0.717) is 6.42 Å². The molecule has 0 fully saturated rings. The number of carbonyl (C=O) groups is 3. The topological polar surface area (TPSA) is 86.7 Å². The second kappa shape index (κ2) is 7.59. The van der Waals surface area contributed by atoms with Crippen LogP contribution in [0.3, 0.4) is 0 Å². The average molecular weight is 284 g/mol. The molecule has 9 heteroatoms. The van der Waals surface area contributed by atoms with Gasteiger partial charge in [-0.3, -0.25) is 14.4 Å². The van der Waals surface area contributed by atoms with E-state index in [1.807, 2.05) is 0 Å². The Morgan fingerprint density at radius 3 is 2.21 bits per heavy atom. The van der Waals surface area contributed by atoms with Gasteiger partial charge in [-0.2, -0.15) is 13.2 Å². The summed E-state index contributed by atoms with van der Waals surface area (Å²) in [7, 11) is 0. The van der Waals surface area contributed by atoms with E-state index in [1.54, 1.807) is 6.92 Å². The molecule has 0 radical (unpaired) electrons. The Bertz CT molecular complexity index is 344.